The number of nitrogens with one attached hydrogen (secondary N) is 2. The second-order valence-corrected chi connectivity index (χ2v) is 7.80. The highest BCUT2D eigenvalue weighted by atomic mass is 32.2. The SMILES string of the molecule is Cc1ccc2[nH]cc(CCNS(=O)(=O)c3cccc(C(F)(F)F)c3)c2c1. The molecule has 1 heterocycles. The zero-order valence-corrected chi connectivity index (χ0v) is 14.7. The van der Waals surface area contributed by atoms with Gasteiger partial charge < -0.3 is 4.98 Å². The van der Waals surface area contributed by atoms with E-state index in [4.69, 9.17) is 0 Å². The molecule has 3 aromatic rings. The lowest BCUT2D eigenvalue weighted by atomic mass is 10.1. The van der Waals surface area contributed by atoms with Crippen molar-refractivity contribution in [2.45, 2.75) is 24.4 Å². The zero-order chi connectivity index (χ0) is 18.9. The summed E-state index contributed by atoms with van der Waals surface area (Å²) >= 11 is 0. The molecule has 0 aliphatic rings. The molecule has 26 heavy (non-hydrogen) atoms. The molecule has 0 radical (unpaired) electrons. The predicted octanol–water partition coefficient (Wildman–Crippen LogP) is 4.02. The second-order valence-electron chi connectivity index (χ2n) is 6.04. The third-order valence-corrected chi connectivity index (χ3v) is 5.54. The first-order valence-electron chi connectivity index (χ1n) is 7.90. The Morgan fingerprint density at radius 2 is 1.88 bits per heavy atom. The van der Waals surface area contributed by atoms with Gasteiger partial charge in [-0.2, -0.15) is 13.2 Å². The molecule has 138 valence electrons. The van der Waals surface area contributed by atoms with Gasteiger partial charge in [0.15, 0.2) is 0 Å². The number of benzene rings is 2. The van der Waals surface area contributed by atoms with E-state index >= 15 is 0 Å². The summed E-state index contributed by atoms with van der Waals surface area (Å²) in [5, 5.41) is 1.00. The van der Waals surface area contributed by atoms with Crippen LogP contribution in [-0.4, -0.2) is 19.9 Å². The molecule has 0 amide bonds. The van der Waals surface area contributed by atoms with E-state index in [1.165, 1.54) is 0 Å². The van der Waals surface area contributed by atoms with Crippen LogP contribution in [0.5, 0.6) is 0 Å². The van der Waals surface area contributed by atoms with Gasteiger partial charge in [0, 0.05) is 23.6 Å². The molecule has 3 rings (SSSR count). The van der Waals surface area contributed by atoms with Gasteiger partial charge in [0.05, 0.1) is 10.5 Å². The van der Waals surface area contributed by atoms with E-state index in [2.05, 4.69) is 9.71 Å². The highest BCUT2D eigenvalue weighted by Crippen LogP contribution is 2.30. The Morgan fingerprint density at radius 1 is 1.12 bits per heavy atom. The van der Waals surface area contributed by atoms with Crippen LogP contribution in [0.15, 0.2) is 53.6 Å². The van der Waals surface area contributed by atoms with Crippen molar-refractivity contribution >= 4 is 20.9 Å². The minimum Gasteiger partial charge on any atom is -0.361 e. The van der Waals surface area contributed by atoms with Crippen molar-refractivity contribution in [1.29, 1.82) is 0 Å². The number of hydrogen-bond donors (Lipinski definition) is 2. The normalized spacial score (nSPS) is 12.6. The first kappa shape index (κ1) is 18.5. The maximum Gasteiger partial charge on any atom is 0.416 e. The van der Waals surface area contributed by atoms with Crippen molar-refractivity contribution in [1.82, 2.24) is 9.71 Å². The van der Waals surface area contributed by atoms with Crippen LogP contribution in [0.2, 0.25) is 0 Å². The van der Waals surface area contributed by atoms with Gasteiger partial charge in [0.2, 0.25) is 10.0 Å². The molecule has 0 atom stereocenters. The summed E-state index contributed by atoms with van der Waals surface area (Å²) in [6.45, 7) is 2.05. The van der Waals surface area contributed by atoms with Crippen LogP contribution in [0.4, 0.5) is 13.2 Å². The fourth-order valence-electron chi connectivity index (χ4n) is 2.74. The largest absolute Gasteiger partial charge is 0.416 e. The number of hydrogen-bond acceptors (Lipinski definition) is 2. The highest BCUT2D eigenvalue weighted by molar-refractivity contribution is 7.89. The van der Waals surface area contributed by atoms with Crippen LogP contribution in [-0.2, 0) is 22.6 Å². The summed E-state index contributed by atoms with van der Waals surface area (Å²) in [4.78, 5) is 2.72. The van der Waals surface area contributed by atoms with Gasteiger partial charge in [0.1, 0.15) is 0 Å². The van der Waals surface area contributed by atoms with Crippen molar-refractivity contribution in [3.8, 4) is 0 Å². The fourth-order valence-corrected chi connectivity index (χ4v) is 3.82. The molecule has 4 nitrogen and oxygen atoms in total. The predicted molar refractivity (Wildman–Crippen MR) is 93.4 cm³/mol. The van der Waals surface area contributed by atoms with Crippen LogP contribution in [0.3, 0.4) is 0 Å². The Balaban J connectivity index is 1.73. The lowest BCUT2D eigenvalue weighted by Crippen LogP contribution is -2.26. The molecule has 0 fully saturated rings. The van der Waals surface area contributed by atoms with Crippen LogP contribution in [0.25, 0.3) is 10.9 Å². The first-order valence-corrected chi connectivity index (χ1v) is 9.39. The maximum atomic E-state index is 12.8. The van der Waals surface area contributed by atoms with E-state index in [0.717, 1.165) is 40.2 Å². The number of halogens is 3. The van der Waals surface area contributed by atoms with Crippen LogP contribution in [0.1, 0.15) is 16.7 Å². The van der Waals surface area contributed by atoms with Crippen molar-refractivity contribution in [3.05, 3.63) is 65.4 Å². The van der Waals surface area contributed by atoms with Gasteiger partial charge in [-0.25, -0.2) is 13.1 Å². The summed E-state index contributed by atoms with van der Waals surface area (Å²) in [6.07, 6.45) is -2.36. The smallest absolute Gasteiger partial charge is 0.361 e. The molecule has 0 aliphatic carbocycles. The fraction of sp³-hybridized carbons (Fsp3) is 0.222. The van der Waals surface area contributed by atoms with Gasteiger partial charge in [-0.1, -0.05) is 17.7 Å². The molecule has 0 unspecified atom stereocenters. The third-order valence-electron chi connectivity index (χ3n) is 4.08. The number of aromatic amines is 1. The Kier molecular flexibility index (Phi) is 4.81. The van der Waals surface area contributed by atoms with Gasteiger partial charge in [-0.3, -0.25) is 0 Å². The molecular formula is C18H17F3N2O2S. The van der Waals surface area contributed by atoms with Gasteiger partial charge >= 0.3 is 6.18 Å². The van der Waals surface area contributed by atoms with Crippen molar-refractivity contribution in [3.63, 3.8) is 0 Å². The molecular weight excluding hydrogens is 365 g/mol. The maximum absolute atomic E-state index is 12.8. The van der Waals surface area contributed by atoms with Crippen LogP contribution >= 0.6 is 0 Å². The second kappa shape index (κ2) is 6.77. The van der Waals surface area contributed by atoms with Gasteiger partial charge in [0.25, 0.3) is 0 Å². The average molecular weight is 382 g/mol. The summed E-state index contributed by atoms with van der Waals surface area (Å²) in [5.41, 5.74) is 1.98. The molecule has 0 spiro atoms. The van der Waals surface area contributed by atoms with E-state index in [0.29, 0.717) is 12.5 Å². The number of aryl methyl sites for hydroxylation is 1. The summed E-state index contributed by atoms with van der Waals surface area (Å²) in [6, 6.07) is 9.62. The molecule has 0 aliphatic heterocycles. The lowest BCUT2D eigenvalue weighted by Gasteiger charge is -2.10. The van der Waals surface area contributed by atoms with E-state index < -0.39 is 26.7 Å². The molecule has 2 N–H and O–H groups in total. The minimum absolute atomic E-state index is 0.0828. The topological polar surface area (TPSA) is 62.0 Å². The van der Waals surface area contributed by atoms with Crippen LogP contribution in [0, 0.1) is 6.92 Å². The monoisotopic (exact) mass is 382 g/mol. The van der Waals surface area contributed by atoms with Crippen molar-refractivity contribution in [2.75, 3.05) is 6.54 Å². The Morgan fingerprint density at radius 3 is 2.62 bits per heavy atom. The van der Waals surface area contributed by atoms with Crippen molar-refractivity contribution < 1.29 is 21.6 Å². The van der Waals surface area contributed by atoms with Gasteiger partial charge in [-0.05, 0) is 49.2 Å². The van der Waals surface area contributed by atoms with E-state index in [1.54, 1.807) is 0 Å². The lowest BCUT2D eigenvalue weighted by molar-refractivity contribution is -0.137. The molecule has 0 bridgehead atoms. The molecule has 1 aromatic heterocycles. The molecule has 2 aromatic carbocycles. The minimum atomic E-state index is -4.59. The third kappa shape index (κ3) is 3.91. The summed E-state index contributed by atoms with van der Waals surface area (Å²) < 4.78 is 65.2. The number of H-pyrrole nitrogens is 1. The number of sulfonamides is 1. The van der Waals surface area contributed by atoms with E-state index in [1.807, 2.05) is 31.3 Å². The summed E-state index contributed by atoms with van der Waals surface area (Å²) in [5.74, 6) is 0. The quantitative estimate of drug-likeness (QED) is 0.700. The Bertz CT molecular complexity index is 1040. The van der Waals surface area contributed by atoms with E-state index in [-0.39, 0.29) is 6.54 Å². The van der Waals surface area contributed by atoms with Gasteiger partial charge in [-0.15, -0.1) is 0 Å². The zero-order valence-electron chi connectivity index (χ0n) is 13.9. The van der Waals surface area contributed by atoms with Crippen LogP contribution < -0.4 is 4.72 Å². The number of aromatic nitrogens is 1. The number of alkyl halides is 3. The average Bonchev–Trinajstić information content (AvgIpc) is 2.96. The first-order chi connectivity index (χ1) is 12.2. The highest BCUT2D eigenvalue weighted by Gasteiger charge is 2.31. The Labute approximate surface area is 149 Å². The van der Waals surface area contributed by atoms with E-state index in [9.17, 15) is 21.6 Å². The molecule has 8 heteroatoms. The molecule has 0 saturated carbocycles. The standard InChI is InChI=1S/C18H17F3N2O2S/c1-12-5-6-17-16(9-12)13(11-22-17)7-8-23-26(24,25)15-4-2-3-14(10-15)18(19,20)21/h2-6,9-11,22-23H,7-8H2,1H3. The molecule has 0 saturated heterocycles. The number of rotatable bonds is 5. The van der Waals surface area contributed by atoms with Crippen molar-refractivity contribution in [2.24, 2.45) is 0 Å². The Hall–Kier alpha value is -2.32. The summed E-state index contributed by atoms with van der Waals surface area (Å²) in [7, 11) is -4.02. The number of fused-ring (bicyclic) bond motifs is 1.